The Morgan fingerprint density at radius 3 is 1.86 bits per heavy atom. The molecule has 11 aromatic rings. The van der Waals surface area contributed by atoms with Gasteiger partial charge in [-0.25, -0.2) is 9.98 Å². The minimum absolute atomic E-state index is 0.330. The number of aromatic nitrogens is 1. The third kappa shape index (κ3) is 5.22. The first kappa shape index (κ1) is 32.0. The summed E-state index contributed by atoms with van der Waals surface area (Å²) >= 11 is 1.85. The van der Waals surface area contributed by atoms with E-state index in [1.807, 2.05) is 47.7 Å². The summed E-state index contributed by atoms with van der Waals surface area (Å²) < 4.78 is 11.5. The van der Waals surface area contributed by atoms with Crippen molar-refractivity contribution in [1.82, 2.24) is 9.88 Å². The molecule has 0 aliphatic carbocycles. The van der Waals surface area contributed by atoms with E-state index in [2.05, 4.69) is 155 Å². The van der Waals surface area contributed by atoms with Crippen molar-refractivity contribution in [3.63, 3.8) is 0 Å². The van der Waals surface area contributed by atoms with Crippen molar-refractivity contribution in [2.75, 3.05) is 0 Å². The van der Waals surface area contributed by atoms with Crippen LogP contribution < -0.4 is 5.32 Å². The molecule has 1 aliphatic rings. The molecule has 0 amide bonds. The first-order chi connectivity index (χ1) is 28.2. The molecule has 57 heavy (non-hydrogen) atoms. The number of amidine groups is 2. The van der Waals surface area contributed by atoms with Crippen LogP contribution >= 0.6 is 11.3 Å². The number of rotatable bonds is 5. The number of aliphatic imine (C=N–C) groups is 2. The smallest absolute Gasteiger partial charge is 0.159 e. The van der Waals surface area contributed by atoms with Crippen molar-refractivity contribution >= 4 is 86.9 Å². The van der Waals surface area contributed by atoms with Crippen molar-refractivity contribution in [3.8, 4) is 16.8 Å². The Hall–Kier alpha value is -7.28. The second-order valence-electron chi connectivity index (χ2n) is 14.6. The molecule has 0 bridgehead atoms. The Balaban J connectivity index is 0.925. The number of nitrogens with zero attached hydrogens (tertiary/aromatic N) is 3. The number of hydrogen-bond donors (Lipinski definition) is 1. The fraction of sp³-hybridized carbons (Fsp3) is 0.0196. The number of furan rings is 1. The van der Waals surface area contributed by atoms with Crippen LogP contribution in [-0.4, -0.2) is 16.2 Å². The summed E-state index contributed by atoms with van der Waals surface area (Å²) in [6.07, 6.45) is -0.330. The molecular formula is C51H32N4OS. The van der Waals surface area contributed by atoms with Gasteiger partial charge in [0.05, 0.1) is 11.0 Å². The highest BCUT2D eigenvalue weighted by molar-refractivity contribution is 7.25. The number of benzene rings is 8. The highest BCUT2D eigenvalue weighted by Gasteiger charge is 2.22. The van der Waals surface area contributed by atoms with Crippen LogP contribution in [0.2, 0.25) is 0 Å². The van der Waals surface area contributed by atoms with E-state index in [0.29, 0.717) is 5.84 Å². The molecule has 1 unspecified atom stereocenters. The fourth-order valence-electron chi connectivity index (χ4n) is 8.51. The summed E-state index contributed by atoms with van der Waals surface area (Å²) in [5.41, 5.74) is 10.6. The van der Waals surface area contributed by atoms with E-state index in [9.17, 15) is 0 Å². The van der Waals surface area contributed by atoms with E-state index in [1.165, 1.54) is 53.2 Å². The van der Waals surface area contributed by atoms with E-state index in [4.69, 9.17) is 14.4 Å². The summed E-state index contributed by atoms with van der Waals surface area (Å²) in [5, 5.41) is 10.8. The van der Waals surface area contributed by atoms with Crippen molar-refractivity contribution < 1.29 is 4.42 Å². The Morgan fingerprint density at radius 1 is 0.474 bits per heavy atom. The summed E-state index contributed by atoms with van der Waals surface area (Å²) in [6.45, 7) is 0. The number of thiophene rings is 1. The first-order valence-electron chi connectivity index (χ1n) is 19.2. The van der Waals surface area contributed by atoms with Gasteiger partial charge in [0.1, 0.15) is 23.2 Å². The molecule has 0 fully saturated rings. The lowest BCUT2D eigenvalue weighted by molar-refractivity contribution is 0.655. The molecule has 268 valence electrons. The highest BCUT2D eigenvalue weighted by atomic mass is 32.1. The SMILES string of the molecule is c1ccc(C2=NC(c3ccc4c(c3)oc3ccc(-c5ccc6sc7ccc(-n8c9ccccc9c9ccccc98)cc7c6c5)cc34)NC(c3ccccc3)=N2)cc1. The lowest BCUT2D eigenvalue weighted by Gasteiger charge is -2.23. The summed E-state index contributed by atoms with van der Waals surface area (Å²) in [5.74, 6) is 1.49. The Bertz CT molecular complexity index is 3390. The molecule has 0 spiro atoms. The van der Waals surface area contributed by atoms with Crippen molar-refractivity contribution in [1.29, 1.82) is 0 Å². The zero-order chi connectivity index (χ0) is 37.5. The highest BCUT2D eigenvalue weighted by Crippen LogP contribution is 2.41. The van der Waals surface area contributed by atoms with E-state index >= 15 is 0 Å². The van der Waals surface area contributed by atoms with Crippen molar-refractivity contribution in [2.24, 2.45) is 9.98 Å². The maximum atomic E-state index is 6.52. The third-order valence-corrected chi connectivity index (χ3v) is 12.4. The van der Waals surface area contributed by atoms with Gasteiger partial charge < -0.3 is 14.3 Å². The molecule has 6 heteroatoms. The Morgan fingerprint density at radius 2 is 1.11 bits per heavy atom. The van der Waals surface area contributed by atoms with Crippen LogP contribution in [0.1, 0.15) is 22.9 Å². The van der Waals surface area contributed by atoms with Gasteiger partial charge in [0, 0.05) is 64.1 Å². The molecule has 1 atom stereocenters. The van der Waals surface area contributed by atoms with Gasteiger partial charge in [0.2, 0.25) is 0 Å². The standard InChI is InChI=1S/C51H32N4OS/c1-3-11-31(12-4-1)49-52-50(32-13-5-2-6-14-32)54-51(53-49)35-19-23-39-40-27-33(20-24-45(40)56-46(39)29-35)34-21-25-47-41(28-34)42-30-36(22-26-48(42)57-47)55-43-17-9-7-15-37(43)38-16-8-10-18-44(38)55/h1-30,51H,(H,52,53,54). The van der Waals surface area contributed by atoms with Crippen LogP contribution in [-0.2, 0) is 0 Å². The van der Waals surface area contributed by atoms with E-state index < -0.39 is 0 Å². The fourth-order valence-corrected chi connectivity index (χ4v) is 9.57. The second kappa shape index (κ2) is 12.6. The normalized spacial score (nSPS) is 14.5. The molecule has 8 aromatic carbocycles. The number of hydrogen-bond acceptors (Lipinski definition) is 5. The Labute approximate surface area is 331 Å². The zero-order valence-corrected chi connectivity index (χ0v) is 31.4. The lowest BCUT2D eigenvalue weighted by atomic mass is 10.00. The lowest BCUT2D eigenvalue weighted by Crippen LogP contribution is -2.33. The van der Waals surface area contributed by atoms with Gasteiger partial charge in [-0.15, -0.1) is 11.3 Å². The molecule has 3 aromatic heterocycles. The topological polar surface area (TPSA) is 54.8 Å². The maximum absolute atomic E-state index is 6.52. The summed E-state index contributed by atoms with van der Waals surface area (Å²) in [7, 11) is 0. The van der Waals surface area contributed by atoms with Crippen LogP contribution in [0, 0.1) is 0 Å². The second-order valence-corrected chi connectivity index (χ2v) is 15.7. The number of nitrogens with one attached hydrogen (secondary N) is 1. The van der Waals surface area contributed by atoms with Crippen LogP contribution in [0.25, 0.3) is 80.7 Å². The van der Waals surface area contributed by atoms with E-state index in [0.717, 1.165) is 50.0 Å². The van der Waals surface area contributed by atoms with Gasteiger partial charge in [0.25, 0.3) is 0 Å². The molecule has 12 rings (SSSR count). The van der Waals surface area contributed by atoms with Crippen molar-refractivity contribution in [2.45, 2.75) is 6.17 Å². The van der Waals surface area contributed by atoms with Gasteiger partial charge >= 0.3 is 0 Å². The molecule has 0 saturated heterocycles. The van der Waals surface area contributed by atoms with Gasteiger partial charge in [-0.3, -0.25) is 0 Å². The largest absolute Gasteiger partial charge is 0.456 e. The minimum atomic E-state index is -0.330. The summed E-state index contributed by atoms with van der Waals surface area (Å²) in [6, 6.07) is 64.5. The molecule has 0 radical (unpaired) electrons. The Kier molecular flexibility index (Phi) is 7.09. The number of para-hydroxylation sites is 2. The predicted molar refractivity (Wildman–Crippen MR) is 238 cm³/mol. The predicted octanol–water partition coefficient (Wildman–Crippen LogP) is 13.2. The molecule has 4 heterocycles. The van der Waals surface area contributed by atoms with Crippen molar-refractivity contribution in [3.05, 3.63) is 199 Å². The number of fused-ring (bicyclic) bond motifs is 9. The van der Waals surface area contributed by atoms with E-state index in [-0.39, 0.29) is 6.17 Å². The van der Waals surface area contributed by atoms with Crippen LogP contribution in [0.4, 0.5) is 0 Å². The average Bonchev–Trinajstić information content (AvgIpc) is 3.95. The van der Waals surface area contributed by atoms with Gasteiger partial charge in [-0.1, -0.05) is 121 Å². The molecule has 1 N–H and O–H groups in total. The zero-order valence-electron chi connectivity index (χ0n) is 30.6. The van der Waals surface area contributed by atoms with Crippen LogP contribution in [0.15, 0.2) is 196 Å². The summed E-state index contributed by atoms with van der Waals surface area (Å²) in [4.78, 5) is 10.0. The minimum Gasteiger partial charge on any atom is -0.456 e. The van der Waals surface area contributed by atoms with Gasteiger partial charge in [0.15, 0.2) is 5.84 Å². The molecular weight excluding hydrogens is 717 g/mol. The van der Waals surface area contributed by atoms with Crippen LogP contribution in [0.3, 0.4) is 0 Å². The maximum Gasteiger partial charge on any atom is 0.159 e. The van der Waals surface area contributed by atoms with E-state index in [1.54, 1.807) is 0 Å². The van der Waals surface area contributed by atoms with Gasteiger partial charge in [-0.2, -0.15) is 0 Å². The molecule has 1 aliphatic heterocycles. The van der Waals surface area contributed by atoms with Crippen LogP contribution in [0.5, 0.6) is 0 Å². The molecule has 0 saturated carbocycles. The third-order valence-electron chi connectivity index (χ3n) is 11.3. The molecule has 5 nitrogen and oxygen atoms in total. The first-order valence-corrected chi connectivity index (χ1v) is 20.0. The quantitative estimate of drug-likeness (QED) is 0.191. The monoisotopic (exact) mass is 748 g/mol. The van der Waals surface area contributed by atoms with Gasteiger partial charge in [-0.05, 0) is 71.8 Å². The average molecular weight is 749 g/mol.